The van der Waals surface area contributed by atoms with Crippen LogP contribution in [0.5, 0.6) is 0 Å². The number of allylic oxidation sites excluding steroid dienone is 10. The molecule has 0 saturated heterocycles. The molecule has 1 amide bonds. The van der Waals surface area contributed by atoms with Crippen LogP contribution in [0.4, 0.5) is 0 Å². The Kier molecular flexibility index (Phi) is 49.3. The minimum absolute atomic E-state index is 0.0799. The molecule has 2 unspecified atom stereocenters. The van der Waals surface area contributed by atoms with E-state index in [4.69, 9.17) is 13.8 Å². The smallest absolute Gasteiger partial charge is 0.463 e. The van der Waals surface area contributed by atoms with E-state index >= 15 is 0 Å². The number of carbonyl (C=O) groups is 2. The summed E-state index contributed by atoms with van der Waals surface area (Å²) in [6.45, 7) is 3.45. The standard InChI is InChI=1S/C55H100NO8P/c1-3-5-7-9-11-13-15-17-19-21-23-25-26-28-29-31-33-35-37-39-41-43-45-47-54(58)56-49-50-63-65(60,61)64-52-53(57)51-62-55(59)48-46-44-42-40-38-36-34-32-30-27-24-22-20-18-16-14-12-10-8-6-4-2/h6,8,12,14,18,20,24,27,32,34,53,57H,3-5,7,9-11,13,15-17,19,21-23,25-26,28-31,33,35-52H2,1-2H3,(H,56,58)(H,60,61)/b8-6-,14-12-,20-18-,27-24-,34-32-. The molecule has 0 aliphatic heterocycles. The van der Waals surface area contributed by atoms with Crippen molar-refractivity contribution in [2.75, 3.05) is 26.4 Å². The van der Waals surface area contributed by atoms with Crippen LogP contribution >= 0.6 is 7.82 Å². The lowest BCUT2D eigenvalue weighted by atomic mass is 10.0. The Morgan fingerprint density at radius 3 is 1.32 bits per heavy atom. The van der Waals surface area contributed by atoms with Gasteiger partial charge in [0.05, 0.1) is 13.2 Å². The molecule has 0 bridgehead atoms. The number of rotatable bonds is 50. The number of phosphoric ester groups is 1. The maximum atomic E-state index is 12.2. The van der Waals surface area contributed by atoms with E-state index in [1.165, 1.54) is 128 Å². The van der Waals surface area contributed by atoms with Crippen molar-refractivity contribution in [3.63, 3.8) is 0 Å². The van der Waals surface area contributed by atoms with Gasteiger partial charge in [-0.15, -0.1) is 0 Å². The van der Waals surface area contributed by atoms with Gasteiger partial charge < -0.3 is 20.1 Å². The molecule has 0 heterocycles. The third kappa shape index (κ3) is 52.5. The zero-order valence-electron chi connectivity index (χ0n) is 41.9. The van der Waals surface area contributed by atoms with Gasteiger partial charge in [-0.3, -0.25) is 18.6 Å². The maximum absolute atomic E-state index is 12.2. The van der Waals surface area contributed by atoms with Crippen LogP contribution in [0.1, 0.15) is 245 Å². The van der Waals surface area contributed by atoms with E-state index in [1.54, 1.807) is 0 Å². The van der Waals surface area contributed by atoms with E-state index in [0.29, 0.717) is 12.8 Å². The number of ether oxygens (including phenoxy) is 1. The molecule has 9 nitrogen and oxygen atoms in total. The zero-order valence-corrected chi connectivity index (χ0v) is 42.8. The van der Waals surface area contributed by atoms with E-state index in [9.17, 15) is 24.2 Å². The summed E-state index contributed by atoms with van der Waals surface area (Å²) in [6.07, 6.45) is 63.1. The zero-order chi connectivity index (χ0) is 47.4. The molecule has 0 aromatic carbocycles. The van der Waals surface area contributed by atoms with Gasteiger partial charge in [-0.05, 0) is 57.8 Å². The minimum atomic E-state index is -4.43. The molecule has 0 rings (SSSR count). The van der Waals surface area contributed by atoms with E-state index in [2.05, 4.69) is 79.9 Å². The van der Waals surface area contributed by atoms with Crippen molar-refractivity contribution in [3.8, 4) is 0 Å². The number of esters is 1. The van der Waals surface area contributed by atoms with Crippen molar-refractivity contribution in [2.24, 2.45) is 0 Å². The Morgan fingerprint density at radius 1 is 0.492 bits per heavy atom. The van der Waals surface area contributed by atoms with Crippen LogP contribution in [0.15, 0.2) is 60.8 Å². The summed E-state index contributed by atoms with van der Waals surface area (Å²) < 4.78 is 27.0. The van der Waals surface area contributed by atoms with Crippen LogP contribution in [-0.4, -0.2) is 54.3 Å². The molecule has 0 radical (unpaired) electrons. The highest BCUT2D eigenvalue weighted by Crippen LogP contribution is 2.42. The lowest BCUT2D eigenvalue weighted by molar-refractivity contribution is -0.147. The van der Waals surface area contributed by atoms with Crippen molar-refractivity contribution < 1.29 is 37.9 Å². The Labute approximate surface area is 399 Å². The molecular formula is C55H100NO8P. The molecule has 3 N–H and O–H groups in total. The fraction of sp³-hybridized carbons (Fsp3) is 0.782. The molecule has 0 aromatic rings. The second-order valence-corrected chi connectivity index (χ2v) is 19.3. The first-order chi connectivity index (χ1) is 31.8. The average molecular weight is 934 g/mol. The van der Waals surface area contributed by atoms with Gasteiger partial charge in [0.25, 0.3) is 0 Å². The van der Waals surface area contributed by atoms with Crippen molar-refractivity contribution in [1.82, 2.24) is 5.32 Å². The number of aliphatic hydroxyl groups excluding tert-OH is 1. The minimum Gasteiger partial charge on any atom is -0.463 e. The molecule has 0 saturated carbocycles. The first-order valence-electron chi connectivity index (χ1n) is 26.8. The van der Waals surface area contributed by atoms with E-state index in [1.807, 2.05) is 0 Å². The van der Waals surface area contributed by atoms with Gasteiger partial charge in [-0.1, -0.05) is 235 Å². The SMILES string of the molecule is CC/C=C\C/C=C\C/C=C\C/C=C\C/C=C\CCCCCCCC(=O)OCC(O)COP(=O)(O)OCCNC(=O)CCCCCCCCCCCCCCCCCCCCCCCCC. The summed E-state index contributed by atoms with van der Waals surface area (Å²) in [5, 5.41) is 12.8. The molecular weight excluding hydrogens is 834 g/mol. The quantitative estimate of drug-likeness (QED) is 0.0238. The van der Waals surface area contributed by atoms with Gasteiger partial charge in [0.2, 0.25) is 5.91 Å². The predicted molar refractivity (Wildman–Crippen MR) is 275 cm³/mol. The summed E-state index contributed by atoms with van der Waals surface area (Å²) >= 11 is 0. The Morgan fingerprint density at radius 2 is 0.877 bits per heavy atom. The first-order valence-corrected chi connectivity index (χ1v) is 28.3. The highest BCUT2D eigenvalue weighted by atomic mass is 31.2. The number of amides is 1. The number of hydrogen-bond acceptors (Lipinski definition) is 7. The van der Waals surface area contributed by atoms with E-state index in [-0.39, 0.29) is 32.1 Å². The summed E-state index contributed by atoms with van der Waals surface area (Å²) in [4.78, 5) is 34.1. The van der Waals surface area contributed by atoms with Gasteiger partial charge >= 0.3 is 13.8 Å². The Balaban J connectivity index is 3.56. The van der Waals surface area contributed by atoms with Crippen LogP contribution in [0.2, 0.25) is 0 Å². The number of unbranched alkanes of at least 4 members (excludes halogenated alkanes) is 27. The maximum Gasteiger partial charge on any atom is 0.472 e. The van der Waals surface area contributed by atoms with E-state index in [0.717, 1.165) is 83.5 Å². The number of hydrogen-bond donors (Lipinski definition) is 3. The largest absolute Gasteiger partial charge is 0.472 e. The number of carbonyl (C=O) groups excluding carboxylic acids is 2. The van der Waals surface area contributed by atoms with Gasteiger partial charge in [0.15, 0.2) is 0 Å². The Bertz CT molecular complexity index is 1250. The van der Waals surface area contributed by atoms with Crippen LogP contribution in [0, 0.1) is 0 Å². The number of aliphatic hydroxyl groups is 1. The summed E-state index contributed by atoms with van der Waals surface area (Å²) in [5.74, 6) is -0.529. The van der Waals surface area contributed by atoms with Gasteiger partial charge in [0, 0.05) is 19.4 Å². The van der Waals surface area contributed by atoms with Crippen molar-refractivity contribution >= 4 is 19.7 Å². The fourth-order valence-corrected chi connectivity index (χ4v) is 8.23. The first kappa shape index (κ1) is 62.7. The molecule has 0 aliphatic rings. The molecule has 2 atom stereocenters. The summed E-state index contributed by atoms with van der Waals surface area (Å²) in [5.41, 5.74) is 0. The lowest BCUT2D eigenvalue weighted by Crippen LogP contribution is -2.27. The monoisotopic (exact) mass is 934 g/mol. The summed E-state index contributed by atoms with van der Waals surface area (Å²) in [7, 11) is -4.43. The molecule has 65 heavy (non-hydrogen) atoms. The number of nitrogens with one attached hydrogen (secondary N) is 1. The summed E-state index contributed by atoms with van der Waals surface area (Å²) in [6, 6.07) is 0. The van der Waals surface area contributed by atoms with Gasteiger partial charge in [0.1, 0.15) is 12.7 Å². The average Bonchev–Trinajstić information content (AvgIpc) is 3.29. The van der Waals surface area contributed by atoms with Crippen LogP contribution in [0.3, 0.4) is 0 Å². The van der Waals surface area contributed by atoms with Crippen molar-refractivity contribution in [1.29, 1.82) is 0 Å². The fourth-order valence-electron chi connectivity index (χ4n) is 7.47. The normalized spacial score (nSPS) is 13.6. The van der Waals surface area contributed by atoms with Crippen LogP contribution in [0.25, 0.3) is 0 Å². The molecule has 0 spiro atoms. The van der Waals surface area contributed by atoms with Gasteiger partial charge in [-0.2, -0.15) is 0 Å². The molecule has 0 aromatic heterocycles. The highest BCUT2D eigenvalue weighted by molar-refractivity contribution is 7.47. The second-order valence-electron chi connectivity index (χ2n) is 17.8. The third-order valence-corrected chi connectivity index (χ3v) is 12.4. The van der Waals surface area contributed by atoms with Gasteiger partial charge in [-0.25, -0.2) is 4.57 Å². The van der Waals surface area contributed by atoms with Crippen LogP contribution < -0.4 is 5.32 Å². The topological polar surface area (TPSA) is 131 Å². The van der Waals surface area contributed by atoms with Crippen molar-refractivity contribution in [2.45, 2.75) is 251 Å². The second kappa shape index (κ2) is 51.1. The van der Waals surface area contributed by atoms with Crippen molar-refractivity contribution in [3.05, 3.63) is 60.8 Å². The molecule has 0 fully saturated rings. The number of phosphoric acid groups is 1. The molecule has 378 valence electrons. The Hall–Kier alpha value is -2.29. The van der Waals surface area contributed by atoms with E-state index < -0.39 is 26.5 Å². The molecule has 10 heteroatoms. The van der Waals surface area contributed by atoms with Crippen LogP contribution in [-0.2, 0) is 27.9 Å². The third-order valence-electron chi connectivity index (χ3n) is 11.5. The highest BCUT2D eigenvalue weighted by Gasteiger charge is 2.23. The lowest BCUT2D eigenvalue weighted by Gasteiger charge is -2.15. The molecule has 0 aliphatic carbocycles. The predicted octanol–water partition coefficient (Wildman–Crippen LogP) is 16.0.